The summed E-state index contributed by atoms with van der Waals surface area (Å²) in [6.07, 6.45) is 17.5. The van der Waals surface area contributed by atoms with E-state index >= 15 is 0 Å². The molecule has 6 heterocycles. The molecule has 0 radical (unpaired) electrons. The Kier molecular flexibility index (Phi) is 8.87. The van der Waals surface area contributed by atoms with E-state index in [4.69, 9.17) is 19.4 Å². The smallest absolute Gasteiger partial charge is 0.306 e. The number of ether oxygens (including phenoxy) is 2. The number of aromatic amines is 2. The van der Waals surface area contributed by atoms with Crippen molar-refractivity contribution in [2.24, 2.45) is 0 Å². The van der Waals surface area contributed by atoms with E-state index in [1.54, 1.807) is 24.7 Å². The van der Waals surface area contributed by atoms with Crippen LogP contribution in [-0.2, 0) is 31.9 Å². The van der Waals surface area contributed by atoms with Gasteiger partial charge in [0.2, 0.25) is 0 Å². The van der Waals surface area contributed by atoms with Crippen LogP contribution in [0.5, 0.6) is 0 Å². The highest BCUT2D eigenvalue weighted by atomic mass is 16.5. The highest BCUT2D eigenvalue weighted by Crippen LogP contribution is 2.29. The van der Waals surface area contributed by atoms with Crippen molar-refractivity contribution in [3.63, 3.8) is 0 Å². The van der Waals surface area contributed by atoms with Gasteiger partial charge in [0.25, 0.3) is 0 Å². The lowest BCUT2D eigenvalue weighted by Gasteiger charge is -2.06. The summed E-state index contributed by atoms with van der Waals surface area (Å²) in [5, 5.41) is 0. The van der Waals surface area contributed by atoms with Crippen molar-refractivity contribution in [2.45, 2.75) is 32.6 Å². The summed E-state index contributed by atoms with van der Waals surface area (Å²) >= 11 is 0. The molecule has 4 aromatic rings. The second-order valence-corrected chi connectivity index (χ2v) is 10.8. The van der Waals surface area contributed by atoms with Gasteiger partial charge in [-0.2, -0.15) is 0 Å². The summed E-state index contributed by atoms with van der Waals surface area (Å²) in [4.78, 5) is 46.4. The minimum Gasteiger partial charge on any atom is -0.461 e. The zero-order chi connectivity index (χ0) is 32.0. The molecule has 8 bridgehead atoms. The Bertz CT molecular complexity index is 1920. The zero-order valence-corrected chi connectivity index (χ0v) is 25.6. The van der Waals surface area contributed by atoms with Gasteiger partial charge in [-0.15, -0.1) is 0 Å². The first kappa shape index (κ1) is 30.3. The lowest BCUT2D eigenvalue weighted by atomic mass is 10.1. The number of fused-ring (bicyclic) bond motifs is 8. The number of carbonyl (C=O) groups excluding carboxylic acids is 2. The highest BCUT2D eigenvalue weighted by molar-refractivity contribution is 5.86. The van der Waals surface area contributed by atoms with Gasteiger partial charge in [0.1, 0.15) is 13.2 Å². The van der Waals surface area contributed by atoms with E-state index in [0.717, 1.165) is 67.2 Å². The van der Waals surface area contributed by atoms with Crippen LogP contribution in [0.4, 0.5) is 0 Å². The van der Waals surface area contributed by atoms with Crippen molar-refractivity contribution in [1.29, 1.82) is 0 Å². The van der Waals surface area contributed by atoms with Gasteiger partial charge in [-0.3, -0.25) is 9.59 Å². The van der Waals surface area contributed by atoms with Crippen molar-refractivity contribution in [2.75, 3.05) is 13.2 Å². The maximum Gasteiger partial charge on any atom is 0.306 e. The first-order valence-electron chi connectivity index (χ1n) is 15.1. The summed E-state index contributed by atoms with van der Waals surface area (Å²) < 4.78 is 12.4. The maximum atomic E-state index is 12.5. The third-order valence-corrected chi connectivity index (χ3v) is 7.84. The first-order chi connectivity index (χ1) is 22.4. The fourth-order valence-electron chi connectivity index (χ4n) is 5.55. The van der Waals surface area contributed by atoms with Gasteiger partial charge < -0.3 is 24.0 Å². The Labute approximate surface area is 265 Å². The van der Waals surface area contributed by atoms with Crippen LogP contribution in [0.2, 0.25) is 0 Å². The monoisotopic (exact) mass is 614 g/mol. The molecule has 46 heavy (non-hydrogen) atoms. The average molecular weight is 615 g/mol. The van der Waals surface area contributed by atoms with Crippen LogP contribution in [0, 0.1) is 6.92 Å². The molecule has 232 valence electrons. The van der Waals surface area contributed by atoms with Crippen molar-refractivity contribution < 1.29 is 19.1 Å². The molecule has 2 aliphatic heterocycles. The van der Waals surface area contributed by atoms with E-state index < -0.39 is 0 Å². The number of H-pyrrole nitrogens is 2. The van der Waals surface area contributed by atoms with Crippen LogP contribution in [0.25, 0.3) is 52.1 Å². The fraction of sp³-hybridized carbons (Fsp3) is 0.194. The van der Waals surface area contributed by atoms with E-state index in [0.29, 0.717) is 12.8 Å². The first-order valence-corrected chi connectivity index (χ1v) is 15.1. The van der Waals surface area contributed by atoms with E-state index in [1.165, 1.54) is 0 Å². The maximum absolute atomic E-state index is 12.5. The fourth-order valence-corrected chi connectivity index (χ4v) is 5.55. The molecule has 2 N–H and O–H groups in total. The molecular weight excluding hydrogens is 580 g/mol. The largest absolute Gasteiger partial charge is 0.461 e. The van der Waals surface area contributed by atoms with Crippen molar-refractivity contribution in [3.05, 3.63) is 108 Å². The van der Waals surface area contributed by atoms with Crippen LogP contribution in [0.3, 0.4) is 0 Å². The van der Waals surface area contributed by atoms with Crippen molar-refractivity contribution in [1.82, 2.24) is 29.5 Å². The number of carbonyl (C=O) groups is 2. The summed E-state index contributed by atoms with van der Waals surface area (Å²) in [6.45, 7) is 9.58. The number of nitrogens with one attached hydrogen (secondary N) is 2. The molecule has 10 heteroatoms. The minimum absolute atomic E-state index is 0.169. The molecule has 0 unspecified atom stereocenters. The molecule has 0 saturated carbocycles. The van der Waals surface area contributed by atoms with Gasteiger partial charge in [0.15, 0.2) is 0 Å². The molecule has 0 amide bonds. The molecule has 0 aromatic carbocycles. The van der Waals surface area contributed by atoms with Gasteiger partial charge in [0, 0.05) is 53.0 Å². The third kappa shape index (κ3) is 6.37. The quantitative estimate of drug-likeness (QED) is 0.126. The SMILES string of the molecule is C=CCOC(=O)CCc1c2nc(c(C)c3nc(c(CCC(=O)OCC=C)c4ccc([nH]4)c(-n4ccnc4)c4ccc1[nH]4)C=C3)C=C2. The predicted octanol–water partition coefficient (Wildman–Crippen LogP) is 6.47. The summed E-state index contributed by atoms with van der Waals surface area (Å²) in [5.74, 6) is -0.611. The topological polar surface area (TPSA) is 128 Å². The molecular formula is C36H34N6O4. The van der Waals surface area contributed by atoms with Gasteiger partial charge in [0.05, 0.1) is 45.8 Å². The van der Waals surface area contributed by atoms with E-state index in [-0.39, 0.29) is 38.0 Å². The Morgan fingerprint density at radius 1 is 0.761 bits per heavy atom. The van der Waals surface area contributed by atoms with Gasteiger partial charge in [-0.05, 0) is 68.3 Å². The van der Waals surface area contributed by atoms with E-state index in [1.807, 2.05) is 66.3 Å². The Morgan fingerprint density at radius 2 is 1.24 bits per heavy atom. The predicted molar refractivity (Wildman–Crippen MR) is 180 cm³/mol. The molecule has 0 saturated heterocycles. The zero-order valence-electron chi connectivity index (χ0n) is 25.6. The molecule has 0 aliphatic carbocycles. The van der Waals surface area contributed by atoms with Crippen molar-refractivity contribution >= 4 is 58.3 Å². The highest BCUT2D eigenvalue weighted by Gasteiger charge is 2.17. The van der Waals surface area contributed by atoms with Gasteiger partial charge in [-0.1, -0.05) is 25.3 Å². The number of hydrogen-bond acceptors (Lipinski definition) is 7. The number of aromatic nitrogens is 6. The summed E-state index contributed by atoms with van der Waals surface area (Å²) in [7, 11) is 0. The summed E-state index contributed by atoms with van der Waals surface area (Å²) in [5.41, 5.74) is 9.96. The average Bonchev–Trinajstić information content (AvgIpc) is 3.90. The van der Waals surface area contributed by atoms with E-state index in [9.17, 15) is 9.59 Å². The number of aryl methyl sites for hydroxylation is 2. The molecule has 0 fully saturated rings. The van der Waals surface area contributed by atoms with Crippen LogP contribution < -0.4 is 0 Å². The second kappa shape index (κ2) is 13.5. The molecule has 2 aliphatic rings. The minimum atomic E-state index is -0.306. The Morgan fingerprint density at radius 3 is 1.70 bits per heavy atom. The number of rotatable bonds is 11. The number of esters is 2. The molecule has 4 aromatic heterocycles. The Balaban J connectivity index is 1.60. The third-order valence-electron chi connectivity index (χ3n) is 7.84. The van der Waals surface area contributed by atoms with Crippen LogP contribution in [-0.4, -0.2) is 54.6 Å². The molecule has 6 rings (SSSR count). The van der Waals surface area contributed by atoms with Gasteiger partial charge in [-0.25, -0.2) is 15.0 Å². The van der Waals surface area contributed by atoms with Gasteiger partial charge >= 0.3 is 11.9 Å². The van der Waals surface area contributed by atoms with Crippen LogP contribution in [0.15, 0.2) is 68.3 Å². The lowest BCUT2D eigenvalue weighted by molar-refractivity contribution is -0.143. The number of nitrogens with zero attached hydrogens (tertiary/aromatic N) is 4. The number of imidazole rings is 1. The normalized spacial score (nSPS) is 11.8. The lowest BCUT2D eigenvalue weighted by Crippen LogP contribution is -2.06. The molecule has 0 spiro atoms. The van der Waals surface area contributed by atoms with E-state index in [2.05, 4.69) is 28.1 Å². The second-order valence-electron chi connectivity index (χ2n) is 10.8. The Hall–Kier alpha value is -5.77. The standard InChI is InChI=1S/C36H34N6O4/c1-4-20-45-34(43)16-6-24-28-10-8-26(38-28)23(3)27-9-11-29(39-27)25(7-17-35(44)46-21-5-2)31-13-15-33(41-31)36(42-19-18-37-22-42)32-14-12-30(24)40-32/h4-5,8-15,18-19,22,40-41H,1-2,6-7,16-17,20-21H2,3H3. The van der Waals surface area contributed by atoms with Crippen LogP contribution >= 0.6 is 0 Å². The summed E-state index contributed by atoms with van der Waals surface area (Å²) in [6, 6.07) is 8.01. The molecule has 0 atom stereocenters. The molecule has 10 nitrogen and oxygen atoms in total. The number of hydrogen-bond donors (Lipinski definition) is 2. The van der Waals surface area contributed by atoms with Crippen LogP contribution in [0.1, 0.15) is 52.3 Å². The van der Waals surface area contributed by atoms with Crippen molar-refractivity contribution in [3.8, 4) is 5.69 Å².